The van der Waals surface area contributed by atoms with Gasteiger partial charge in [0.25, 0.3) is 0 Å². The Morgan fingerprint density at radius 3 is 2.89 bits per heavy atom. The molecule has 0 atom stereocenters. The summed E-state index contributed by atoms with van der Waals surface area (Å²) in [5.74, 6) is 0.691. The number of hydrogen-bond acceptors (Lipinski definition) is 4. The summed E-state index contributed by atoms with van der Waals surface area (Å²) in [5, 5.41) is 4.27. The highest BCUT2D eigenvalue weighted by atomic mass is 35.5. The van der Waals surface area contributed by atoms with Crippen molar-refractivity contribution in [3.63, 3.8) is 0 Å². The van der Waals surface area contributed by atoms with Crippen molar-refractivity contribution in [2.45, 2.75) is 6.54 Å². The van der Waals surface area contributed by atoms with Gasteiger partial charge in [0.15, 0.2) is 11.5 Å². The van der Waals surface area contributed by atoms with Gasteiger partial charge in [-0.3, -0.25) is 0 Å². The fourth-order valence-electron chi connectivity index (χ4n) is 1.83. The fraction of sp³-hybridized carbons (Fsp3) is 0.182. The quantitative estimate of drug-likeness (QED) is 0.779. The van der Waals surface area contributed by atoms with Crippen molar-refractivity contribution in [1.82, 2.24) is 24.5 Å². The molecule has 3 heterocycles. The van der Waals surface area contributed by atoms with Crippen molar-refractivity contribution in [2.75, 3.05) is 5.32 Å². The average Bonchev–Trinajstić information content (AvgIpc) is 2.98. The van der Waals surface area contributed by atoms with E-state index in [4.69, 9.17) is 23.2 Å². The Hall–Kier alpha value is -1.79. The maximum Gasteiger partial charge on any atom is 0.182 e. The van der Waals surface area contributed by atoms with E-state index in [0.717, 1.165) is 11.2 Å². The highest BCUT2D eigenvalue weighted by molar-refractivity contribution is 6.41. The lowest BCUT2D eigenvalue weighted by Gasteiger charge is -2.07. The Bertz CT molecular complexity index is 732. The van der Waals surface area contributed by atoms with Gasteiger partial charge >= 0.3 is 0 Å². The first-order chi connectivity index (χ1) is 9.16. The number of aromatic amines is 1. The zero-order valence-corrected chi connectivity index (χ0v) is 11.5. The fourth-order valence-corrected chi connectivity index (χ4v) is 2.25. The molecule has 8 heteroatoms. The van der Waals surface area contributed by atoms with Gasteiger partial charge in [-0.1, -0.05) is 23.2 Å². The summed E-state index contributed by atoms with van der Waals surface area (Å²) >= 11 is 12.0. The zero-order valence-electron chi connectivity index (χ0n) is 9.98. The Morgan fingerprint density at radius 1 is 1.32 bits per heavy atom. The van der Waals surface area contributed by atoms with Crippen LogP contribution < -0.4 is 5.32 Å². The van der Waals surface area contributed by atoms with E-state index in [2.05, 4.69) is 25.3 Å². The Balaban J connectivity index is 1.86. The minimum Gasteiger partial charge on any atom is -0.363 e. The summed E-state index contributed by atoms with van der Waals surface area (Å²) in [5.41, 5.74) is 2.36. The molecule has 0 saturated heterocycles. The van der Waals surface area contributed by atoms with Crippen molar-refractivity contribution in [1.29, 1.82) is 0 Å². The molecule has 0 aliphatic rings. The molecular weight excluding hydrogens is 287 g/mol. The lowest BCUT2D eigenvalue weighted by atomic mass is 10.4. The lowest BCUT2D eigenvalue weighted by molar-refractivity contribution is 0.841. The number of nitrogens with one attached hydrogen (secondary N) is 2. The Kier molecular flexibility index (Phi) is 3.04. The van der Waals surface area contributed by atoms with Gasteiger partial charge in [0.2, 0.25) is 0 Å². The number of nitrogens with zero attached hydrogens (tertiary/aromatic N) is 4. The van der Waals surface area contributed by atoms with Gasteiger partial charge in [-0.25, -0.2) is 15.0 Å². The highest BCUT2D eigenvalue weighted by Gasteiger charge is 2.10. The molecule has 0 aliphatic carbocycles. The van der Waals surface area contributed by atoms with Crippen molar-refractivity contribution < 1.29 is 0 Å². The average molecular weight is 297 g/mol. The third-order valence-corrected chi connectivity index (χ3v) is 3.72. The minimum absolute atomic E-state index is 0.521. The van der Waals surface area contributed by atoms with Gasteiger partial charge in [-0.15, -0.1) is 0 Å². The van der Waals surface area contributed by atoms with Crippen LogP contribution in [0, 0.1) is 0 Å². The van der Waals surface area contributed by atoms with Gasteiger partial charge in [0, 0.05) is 12.7 Å². The molecule has 98 valence electrons. The van der Waals surface area contributed by atoms with Crippen LogP contribution in [0.2, 0.25) is 10.2 Å². The maximum atomic E-state index is 6.02. The number of anilines is 1. The maximum absolute atomic E-state index is 6.02. The lowest BCUT2D eigenvalue weighted by Crippen LogP contribution is -2.06. The molecule has 19 heavy (non-hydrogen) atoms. The summed E-state index contributed by atoms with van der Waals surface area (Å²) in [6.07, 6.45) is 3.05. The van der Waals surface area contributed by atoms with Gasteiger partial charge in [-0.2, -0.15) is 0 Å². The number of imidazole rings is 1. The SMILES string of the molecule is Cn1c(CNc2ncnc3nc[nH]c23)cc(Cl)c1Cl. The van der Waals surface area contributed by atoms with E-state index in [1.165, 1.54) is 6.33 Å². The van der Waals surface area contributed by atoms with E-state index < -0.39 is 0 Å². The number of fused-ring (bicyclic) bond motifs is 1. The number of hydrogen-bond donors (Lipinski definition) is 2. The number of aromatic nitrogens is 5. The molecule has 0 aliphatic heterocycles. The third kappa shape index (κ3) is 2.13. The van der Waals surface area contributed by atoms with Crippen LogP contribution in [-0.4, -0.2) is 24.5 Å². The standard InChI is InChI=1S/C11H10Cl2N6/c1-19-6(2-7(12)9(19)13)3-14-10-8-11(16-4-15-8)18-5-17-10/h2,4-5H,3H2,1H3,(H2,14,15,16,17,18). The van der Waals surface area contributed by atoms with Crippen LogP contribution in [0.25, 0.3) is 11.2 Å². The van der Waals surface area contributed by atoms with Crippen LogP contribution in [0.3, 0.4) is 0 Å². The van der Waals surface area contributed by atoms with Gasteiger partial charge in [-0.05, 0) is 6.07 Å². The molecule has 0 fully saturated rings. The largest absolute Gasteiger partial charge is 0.363 e. The van der Waals surface area contributed by atoms with Crippen molar-refractivity contribution in [2.24, 2.45) is 7.05 Å². The van der Waals surface area contributed by atoms with Crippen molar-refractivity contribution in [3.8, 4) is 0 Å². The molecule has 3 aromatic rings. The van der Waals surface area contributed by atoms with Gasteiger partial charge in [0.1, 0.15) is 17.0 Å². The van der Waals surface area contributed by atoms with Crippen LogP contribution >= 0.6 is 23.2 Å². The molecule has 0 aromatic carbocycles. The first-order valence-electron chi connectivity index (χ1n) is 5.54. The van der Waals surface area contributed by atoms with Gasteiger partial charge < -0.3 is 14.9 Å². The van der Waals surface area contributed by atoms with Crippen LogP contribution in [-0.2, 0) is 13.6 Å². The zero-order chi connectivity index (χ0) is 13.4. The first-order valence-corrected chi connectivity index (χ1v) is 6.30. The second kappa shape index (κ2) is 4.71. The molecule has 0 spiro atoms. The first kappa shape index (κ1) is 12.3. The Labute approximate surface area is 118 Å². The van der Waals surface area contributed by atoms with Crippen LogP contribution in [0.5, 0.6) is 0 Å². The highest BCUT2D eigenvalue weighted by Crippen LogP contribution is 2.25. The summed E-state index contributed by atoms with van der Waals surface area (Å²) < 4.78 is 1.82. The topological polar surface area (TPSA) is 71.4 Å². The molecule has 3 rings (SSSR count). The number of H-pyrrole nitrogens is 1. The van der Waals surface area contributed by atoms with E-state index in [-0.39, 0.29) is 0 Å². The predicted molar refractivity (Wildman–Crippen MR) is 74.4 cm³/mol. The van der Waals surface area contributed by atoms with E-state index in [9.17, 15) is 0 Å². The molecule has 0 unspecified atom stereocenters. The second-order valence-electron chi connectivity index (χ2n) is 4.01. The van der Waals surface area contributed by atoms with Crippen LogP contribution in [0.15, 0.2) is 18.7 Å². The van der Waals surface area contributed by atoms with Crippen molar-refractivity contribution >= 4 is 40.2 Å². The van der Waals surface area contributed by atoms with Crippen LogP contribution in [0.4, 0.5) is 5.82 Å². The molecule has 3 aromatic heterocycles. The molecular formula is C11H10Cl2N6. The summed E-state index contributed by atoms with van der Waals surface area (Å²) in [7, 11) is 1.86. The predicted octanol–water partition coefficient (Wildman–Crippen LogP) is 2.61. The molecule has 0 bridgehead atoms. The molecule has 0 saturated carbocycles. The molecule has 0 radical (unpaired) electrons. The smallest absolute Gasteiger partial charge is 0.182 e. The van der Waals surface area contributed by atoms with E-state index in [1.807, 2.05) is 17.7 Å². The molecule has 0 amide bonds. The normalized spacial score (nSPS) is 11.1. The Morgan fingerprint density at radius 2 is 2.16 bits per heavy atom. The van der Waals surface area contributed by atoms with E-state index >= 15 is 0 Å². The minimum atomic E-state index is 0.521. The van der Waals surface area contributed by atoms with E-state index in [1.54, 1.807) is 6.33 Å². The van der Waals surface area contributed by atoms with Crippen LogP contribution in [0.1, 0.15) is 5.69 Å². The van der Waals surface area contributed by atoms with Gasteiger partial charge in [0.05, 0.1) is 17.9 Å². The molecule has 2 N–H and O–H groups in total. The molecule has 6 nitrogen and oxygen atoms in total. The summed E-state index contributed by atoms with van der Waals surface area (Å²) in [6, 6.07) is 1.82. The summed E-state index contributed by atoms with van der Waals surface area (Å²) in [4.78, 5) is 15.3. The second-order valence-corrected chi connectivity index (χ2v) is 4.78. The third-order valence-electron chi connectivity index (χ3n) is 2.88. The monoisotopic (exact) mass is 296 g/mol. The number of rotatable bonds is 3. The summed E-state index contributed by atoms with van der Waals surface area (Å²) in [6.45, 7) is 0.550. The van der Waals surface area contributed by atoms with E-state index in [0.29, 0.717) is 28.2 Å². The van der Waals surface area contributed by atoms with Crippen molar-refractivity contribution in [3.05, 3.63) is 34.6 Å². The number of halogens is 2.